The lowest BCUT2D eigenvalue weighted by atomic mass is 10.1. The average Bonchev–Trinajstić information content (AvgIpc) is 2.47. The van der Waals surface area contributed by atoms with Crippen molar-refractivity contribution in [3.63, 3.8) is 0 Å². The van der Waals surface area contributed by atoms with Gasteiger partial charge in [0, 0.05) is 32.1 Å². The Bertz CT molecular complexity index is 512. The number of nitrogens with one attached hydrogen (secondary N) is 1. The lowest BCUT2D eigenvalue weighted by Gasteiger charge is -2.21. The van der Waals surface area contributed by atoms with E-state index in [1.54, 1.807) is 11.8 Å². The van der Waals surface area contributed by atoms with E-state index >= 15 is 0 Å². The van der Waals surface area contributed by atoms with Gasteiger partial charge in [-0.2, -0.15) is 0 Å². The molecule has 0 aliphatic heterocycles. The number of hydrogen-bond acceptors (Lipinski definition) is 2. The Balaban J connectivity index is 2.49. The van der Waals surface area contributed by atoms with E-state index in [9.17, 15) is 9.59 Å². The summed E-state index contributed by atoms with van der Waals surface area (Å²) in [5.74, 6) is -0.00826. The van der Waals surface area contributed by atoms with Crippen LogP contribution in [0.3, 0.4) is 0 Å². The molecule has 0 fully saturated rings. The lowest BCUT2D eigenvalue weighted by Crippen LogP contribution is -2.33. The van der Waals surface area contributed by atoms with E-state index in [4.69, 9.17) is 0 Å². The van der Waals surface area contributed by atoms with Gasteiger partial charge in [-0.05, 0) is 37.5 Å². The Morgan fingerprint density at radius 1 is 1.14 bits per heavy atom. The van der Waals surface area contributed by atoms with Gasteiger partial charge in [0.25, 0.3) is 0 Å². The maximum absolute atomic E-state index is 12.1. The quantitative estimate of drug-likeness (QED) is 0.745. The first kappa shape index (κ1) is 18.2. The molecule has 4 heteroatoms. The van der Waals surface area contributed by atoms with Crippen molar-refractivity contribution >= 4 is 17.5 Å². The van der Waals surface area contributed by atoms with Gasteiger partial charge < -0.3 is 10.2 Å². The zero-order chi connectivity index (χ0) is 16.5. The predicted octanol–water partition coefficient (Wildman–Crippen LogP) is 3.67. The van der Waals surface area contributed by atoms with Crippen LogP contribution in [-0.4, -0.2) is 29.8 Å². The number of carbonyl (C=O) groups is 2. The van der Waals surface area contributed by atoms with Crippen molar-refractivity contribution in [3.8, 4) is 0 Å². The molecule has 0 unspecified atom stereocenters. The number of amides is 2. The molecule has 0 spiro atoms. The number of carbonyl (C=O) groups excluding carboxylic acids is 2. The Morgan fingerprint density at radius 2 is 1.86 bits per heavy atom. The molecule has 0 bridgehead atoms. The van der Waals surface area contributed by atoms with Crippen LogP contribution in [0.25, 0.3) is 0 Å². The average molecular weight is 304 g/mol. The third-order valence-corrected chi connectivity index (χ3v) is 3.96. The maximum atomic E-state index is 12.1. The number of rotatable bonds is 8. The number of unbranched alkanes of at least 4 members (excludes halogenated alkanes) is 2. The summed E-state index contributed by atoms with van der Waals surface area (Å²) >= 11 is 0. The molecule has 0 saturated heterocycles. The maximum Gasteiger partial charge on any atom is 0.226 e. The Hall–Kier alpha value is -1.84. The Labute approximate surface area is 133 Å². The van der Waals surface area contributed by atoms with Gasteiger partial charge in [-0.15, -0.1) is 0 Å². The fourth-order valence-electron chi connectivity index (χ4n) is 2.32. The number of aryl methyl sites for hydroxylation is 1. The van der Waals surface area contributed by atoms with E-state index in [1.165, 1.54) is 0 Å². The van der Waals surface area contributed by atoms with Crippen LogP contribution < -0.4 is 5.32 Å². The van der Waals surface area contributed by atoms with Crippen molar-refractivity contribution in [3.05, 3.63) is 29.3 Å². The highest BCUT2D eigenvalue weighted by Gasteiger charge is 2.11. The van der Waals surface area contributed by atoms with Crippen LogP contribution in [-0.2, 0) is 9.59 Å². The molecule has 4 nitrogen and oxygen atoms in total. The Morgan fingerprint density at radius 3 is 2.50 bits per heavy atom. The van der Waals surface area contributed by atoms with Gasteiger partial charge in [-0.1, -0.05) is 31.9 Å². The second kappa shape index (κ2) is 9.23. The van der Waals surface area contributed by atoms with Crippen LogP contribution >= 0.6 is 0 Å². The Kier molecular flexibility index (Phi) is 7.64. The normalized spacial score (nSPS) is 10.4. The molecule has 0 saturated carbocycles. The van der Waals surface area contributed by atoms with Crippen molar-refractivity contribution in [2.75, 3.05) is 18.4 Å². The molecule has 1 N–H and O–H groups in total. The first-order valence-electron chi connectivity index (χ1n) is 8.07. The van der Waals surface area contributed by atoms with Crippen molar-refractivity contribution in [1.29, 1.82) is 0 Å². The van der Waals surface area contributed by atoms with Crippen molar-refractivity contribution in [2.45, 2.75) is 53.4 Å². The third-order valence-electron chi connectivity index (χ3n) is 3.96. The number of nitrogens with zero attached hydrogens (tertiary/aromatic N) is 1. The molecule has 0 aliphatic rings. The molecule has 122 valence electrons. The van der Waals surface area contributed by atoms with E-state index in [0.717, 1.165) is 42.6 Å². The van der Waals surface area contributed by atoms with Crippen molar-refractivity contribution in [2.24, 2.45) is 0 Å². The monoisotopic (exact) mass is 304 g/mol. The van der Waals surface area contributed by atoms with E-state index in [-0.39, 0.29) is 11.8 Å². The summed E-state index contributed by atoms with van der Waals surface area (Å²) in [6.45, 7) is 8.94. The minimum Gasteiger partial charge on any atom is -0.342 e. The minimum atomic E-state index is -0.0459. The van der Waals surface area contributed by atoms with Crippen LogP contribution in [0.1, 0.15) is 50.7 Å². The zero-order valence-corrected chi connectivity index (χ0v) is 14.2. The van der Waals surface area contributed by atoms with Gasteiger partial charge in [0.1, 0.15) is 0 Å². The lowest BCUT2D eigenvalue weighted by molar-refractivity contribution is -0.129. The number of benzene rings is 1. The summed E-state index contributed by atoms with van der Waals surface area (Å²) in [7, 11) is 0. The molecule has 1 aromatic rings. The number of anilines is 1. The minimum absolute atomic E-state index is 0.0376. The first-order valence-corrected chi connectivity index (χ1v) is 8.07. The fraction of sp³-hybridized carbons (Fsp3) is 0.556. The van der Waals surface area contributed by atoms with E-state index in [1.807, 2.05) is 32.0 Å². The van der Waals surface area contributed by atoms with Crippen molar-refractivity contribution in [1.82, 2.24) is 4.90 Å². The van der Waals surface area contributed by atoms with Crippen LogP contribution in [0.4, 0.5) is 5.69 Å². The van der Waals surface area contributed by atoms with E-state index in [0.29, 0.717) is 13.0 Å². The highest BCUT2D eigenvalue weighted by Crippen LogP contribution is 2.18. The number of hydrogen-bond donors (Lipinski definition) is 1. The van der Waals surface area contributed by atoms with Gasteiger partial charge >= 0.3 is 0 Å². The van der Waals surface area contributed by atoms with Crippen LogP contribution in [0.15, 0.2) is 18.2 Å². The molecule has 0 aromatic heterocycles. The smallest absolute Gasteiger partial charge is 0.226 e. The highest BCUT2D eigenvalue weighted by atomic mass is 16.2. The van der Waals surface area contributed by atoms with Crippen LogP contribution in [0.2, 0.25) is 0 Å². The summed E-state index contributed by atoms with van der Waals surface area (Å²) in [5.41, 5.74) is 3.09. The third kappa shape index (κ3) is 5.88. The summed E-state index contributed by atoms with van der Waals surface area (Å²) in [5, 5.41) is 2.94. The SMILES string of the molecule is CCCCCN(CCC(=O)Nc1cccc(C)c1C)C(C)=O. The molecular weight excluding hydrogens is 276 g/mol. The highest BCUT2D eigenvalue weighted by molar-refractivity contribution is 5.92. The van der Waals surface area contributed by atoms with Gasteiger partial charge in [0.15, 0.2) is 0 Å². The molecular formula is C18H28N2O2. The van der Waals surface area contributed by atoms with Gasteiger partial charge in [0.2, 0.25) is 11.8 Å². The van der Waals surface area contributed by atoms with Crippen molar-refractivity contribution < 1.29 is 9.59 Å². The second-order valence-electron chi connectivity index (χ2n) is 5.76. The topological polar surface area (TPSA) is 49.4 Å². The zero-order valence-electron chi connectivity index (χ0n) is 14.2. The van der Waals surface area contributed by atoms with Gasteiger partial charge in [-0.25, -0.2) is 0 Å². The molecule has 0 heterocycles. The first-order chi connectivity index (χ1) is 10.5. The molecule has 0 atom stereocenters. The van der Waals surface area contributed by atoms with Gasteiger partial charge in [0.05, 0.1) is 0 Å². The summed E-state index contributed by atoms with van der Waals surface area (Å²) < 4.78 is 0. The molecule has 1 rings (SSSR count). The summed E-state index contributed by atoms with van der Waals surface area (Å²) in [6, 6.07) is 5.87. The molecule has 0 radical (unpaired) electrons. The summed E-state index contributed by atoms with van der Waals surface area (Å²) in [4.78, 5) is 25.4. The van der Waals surface area contributed by atoms with Crippen LogP contribution in [0.5, 0.6) is 0 Å². The molecule has 0 aliphatic carbocycles. The summed E-state index contributed by atoms with van der Waals surface area (Å²) in [6.07, 6.45) is 3.56. The van der Waals surface area contributed by atoms with E-state index in [2.05, 4.69) is 12.2 Å². The largest absolute Gasteiger partial charge is 0.342 e. The van der Waals surface area contributed by atoms with Crippen LogP contribution in [0, 0.1) is 13.8 Å². The standard InChI is InChI=1S/C18H28N2O2/c1-5-6-7-12-20(16(4)21)13-11-18(22)19-17-10-8-9-14(2)15(17)3/h8-10H,5-7,11-13H2,1-4H3,(H,19,22). The fourth-order valence-corrected chi connectivity index (χ4v) is 2.32. The predicted molar refractivity (Wildman–Crippen MR) is 90.9 cm³/mol. The molecule has 1 aromatic carbocycles. The van der Waals surface area contributed by atoms with Gasteiger partial charge in [-0.3, -0.25) is 9.59 Å². The molecule has 2 amide bonds. The molecule has 22 heavy (non-hydrogen) atoms. The second-order valence-corrected chi connectivity index (χ2v) is 5.76. The van der Waals surface area contributed by atoms with E-state index < -0.39 is 0 Å².